The lowest BCUT2D eigenvalue weighted by molar-refractivity contribution is 0.0938. The highest BCUT2D eigenvalue weighted by molar-refractivity contribution is 4.97. The number of aliphatic hydroxyl groups is 2. The molecule has 1 rings (SSSR count). The molecule has 0 aliphatic carbocycles. The normalized spacial score (nSPS) is 13.2. The van der Waals surface area contributed by atoms with Gasteiger partial charge in [0.1, 0.15) is 5.76 Å². The van der Waals surface area contributed by atoms with Gasteiger partial charge in [0.05, 0.1) is 25.5 Å². The van der Waals surface area contributed by atoms with Crippen LogP contribution in [0.5, 0.6) is 0 Å². The third kappa shape index (κ3) is 3.04. The van der Waals surface area contributed by atoms with E-state index in [1.807, 2.05) is 6.07 Å². The van der Waals surface area contributed by atoms with Crippen molar-refractivity contribution in [3.05, 3.63) is 24.2 Å². The van der Waals surface area contributed by atoms with Crippen LogP contribution in [-0.4, -0.2) is 29.5 Å². The molecule has 0 bridgehead atoms. The molecule has 4 heteroatoms. The first-order valence-corrected chi connectivity index (χ1v) is 3.85. The number of nitrogens with one attached hydrogen (secondary N) is 1. The summed E-state index contributed by atoms with van der Waals surface area (Å²) in [5.41, 5.74) is 0. The van der Waals surface area contributed by atoms with Gasteiger partial charge in [0.15, 0.2) is 0 Å². The molecule has 1 heterocycles. The van der Waals surface area contributed by atoms with Crippen molar-refractivity contribution in [1.82, 2.24) is 5.32 Å². The predicted octanol–water partition coefficient (Wildman–Crippen LogP) is -0.278. The highest BCUT2D eigenvalue weighted by Gasteiger charge is 2.00. The standard InChI is InChI=1S/C8H13NO3/c10-6-7(11)4-9-5-8-2-1-3-12-8/h1-3,7,9-11H,4-6H2/t7-/m0/s1. The number of aliphatic hydroxyl groups excluding tert-OH is 2. The number of hydrogen-bond acceptors (Lipinski definition) is 4. The molecular formula is C8H13NO3. The van der Waals surface area contributed by atoms with E-state index in [-0.39, 0.29) is 6.61 Å². The van der Waals surface area contributed by atoms with Crippen molar-refractivity contribution in [2.45, 2.75) is 12.6 Å². The molecule has 0 unspecified atom stereocenters. The van der Waals surface area contributed by atoms with Crippen LogP contribution >= 0.6 is 0 Å². The van der Waals surface area contributed by atoms with E-state index in [1.165, 1.54) is 0 Å². The smallest absolute Gasteiger partial charge is 0.117 e. The third-order valence-corrected chi connectivity index (χ3v) is 1.47. The fourth-order valence-electron chi connectivity index (χ4n) is 0.840. The third-order valence-electron chi connectivity index (χ3n) is 1.47. The Hall–Kier alpha value is -0.840. The minimum Gasteiger partial charge on any atom is -0.468 e. The summed E-state index contributed by atoms with van der Waals surface area (Å²) < 4.78 is 5.04. The summed E-state index contributed by atoms with van der Waals surface area (Å²) in [6.45, 7) is 0.729. The van der Waals surface area contributed by atoms with E-state index < -0.39 is 6.10 Å². The molecule has 0 radical (unpaired) electrons. The van der Waals surface area contributed by atoms with Crippen molar-refractivity contribution in [2.75, 3.05) is 13.2 Å². The van der Waals surface area contributed by atoms with E-state index in [9.17, 15) is 0 Å². The van der Waals surface area contributed by atoms with Crippen molar-refractivity contribution < 1.29 is 14.6 Å². The summed E-state index contributed by atoms with van der Waals surface area (Å²) in [5, 5.41) is 20.4. The fourth-order valence-corrected chi connectivity index (χ4v) is 0.840. The van der Waals surface area contributed by atoms with E-state index >= 15 is 0 Å². The van der Waals surface area contributed by atoms with Crippen LogP contribution in [0.25, 0.3) is 0 Å². The lowest BCUT2D eigenvalue weighted by atomic mass is 10.3. The first kappa shape index (κ1) is 9.25. The molecule has 0 aliphatic rings. The fraction of sp³-hybridized carbons (Fsp3) is 0.500. The minimum atomic E-state index is -0.694. The zero-order valence-electron chi connectivity index (χ0n) is 6.73. The quantitative estimate of drug-likeness (QED) is 0.570. The Morgan fingerprint density at radius 1 is 1.58 bits per heavy atom. The molecule has 0 spiro atoms. The van der Waals surface area contributed by atoms with E-state index in [1.54, 1.807) is 12.3 Å². The Balaban J connectivity index is 2.11. The average molecular weight is 171 g/mol. The van der Waals surface area contributed by atoms with Crippen LogP contribution in [0.2, 0.25) is 0 Å². The Morgan fingerprint density at radius 3 is 3.00 bits per heavy atom. The van der Waals surface area contributed by atoms with Crippen molar-refractivity contribution in [3.63, 3.8) is 0 Å². The van der Waals surface area contributed by atoms with Crippen molar-refractivity contribution in [3.8, 4) is 0 Å². The number of hydrogen-bond donors (Lipinski definition) is 3. The Bertz CT molecular complexity index is 198. The van der Waals surface area contributed by atoms with E-state index in [4.69, 9.17) is 14.6 Å². The van der Waals surface area contributed by atoms with Gasteiger partial charge in [-0.15, -0.1) is 0 Å². The molecule has 4 nitrogen and oxygen atoms in total. The molecule has 0 amide bonds. The molecule has 12 heavy (non-hydrogen) atoms. The van der Waals surface area contributed by atoms with Crippen LogP contribution in [0.3, 0.4) is 0 Å². The highest BCUT2D eigenvalue weighted by Crippen LogP contribution is 1.98. The Kier molecular flexibility index (Phi) is 3.79. The Morgan fingerprint density at radius 2 is 2.42 bits per heavy atom. The maximum absolute atomic E-state index is 8.94. The van der Waals surface area contributed by atoms with Gasteiger partial charge in [0.25, 0.3) is 0 Å². The van der Waals surface area contributed by atoms with Crippen molar-refractivity contribution in [1.29, 1.82) is 0 Å². The monoisotopic (exact) mass is 171 g/mol. The zero-order chi connectivity index (χ0) is 8.81. The summed E-state index contributed by atoms with van der Waals surface area (Å²) in [4.78, 5) is 0. The zero-order valence-corrected chi connectivity index (χ0v) is 6.73. The average Bonchev–Trinajstić information content (AvgIpc) is 2.57. The second kappa shape index (κ2) is 4.92. The number of furan rings is 1. The highest BCUT2D eigenvalue weighted by atomic mass is 16.3. The summed E-state index contributed by atoms with van der Waals surface area (Å²) in [6, 6.07) is 3.65. The van der Waals surface area contributed by atoms with Gasteiger partial charge < -0.3 is 19.9 Å². The van der Waals surface area contributed by atoms with Crippen molar-refractivity contribution >= 4 is 0 Å². The molecule has 0 fully saturated rings. The van der Waals surface area contributed by atoms with Gasteiger partial charge in [0, 0.05) is 6.54 Å². The molecule has 0 saturated heterocycles. The van der Waals surface area contributed by atoms with Crippen LogP contribution in [0, 0.1) is 0 Å². The number of rotatable bonds is 5. The van der Waals surface area contributed by atoms with Gasteiger partial charge in [-0.25, -0.2) is 0 Å². The van der Waals surface area contributed by atoms with Gasteiger partial charge in [-0.1, -0.05) is 0 Å². The van der Waals surface area contributed by atoms with Gasteiger partial charge >= 0.3 is 0 Å². The van der Waals surface area contributed by atoms with Crippen LogP contribution in [0.15, 0.2) is 22.8 Å². The molecule has 1 aromatic rings. The Labute approximate surface area is 70.8 Å². The summed E-state index contributed by atoms with van der Waals surface area (Å²) in [6.07, 6.45) is 0.902. The lowest BCUT2D eigenvalue weighted by Gasteiger charge is -2.06. The second-order valence-electron chi connectivity index (χ2n) is 2.55. The minimum absolute atomic E-state index is 0.217. The molecular weight excluding hydrogens is 158 g/mol. The van der Waals surface area contributed by atoms with E-state index in [0.29, 0.717) is 13.1 Å². The van der Waals surface area contributed by atoms with Gasteiger partial charge in [-0.3, -0.25) is 0 Å². The second-order valence-corrected chi connectivity index (χ2v) is 2.55. The first-order chi connectivity index (χ1) is 5.83. The summed E-state index contributed by atoms with van der Waals surface area (Å²) >= 11 is 0. The predicted molar refractivity (Wildman–Crippen MR) is 43.5 cm³/mol. The lowest BCUT2D eigenvalue weighted by Crippen LogP contribution is -2.28. The largest absolute Gasteiger partial charge is 0.468 e. The van der Waals surface area contributed by atoms with Gasteiger partial charge in [0.2, 0.25) is 0 Å². The van der Waals surface area contributed by atoms with E-state index in [0.717, 1.165) is 5.76 Å². The molecule has 3 N–H and O–H groups in total. The first-order valence-electron chi connectivity index (χ1n) is 3.85. The maximum atomic E-state index is 8.94. The summed E-state index contributed by atoms with van der Waals surface area (Å²) in [7, 11) is 0. The van der Waals surface area contributed by atoms with Crippen LogP contribution < -0.4 is 5.32 Å². The molecule has 1 aromatic heterocycles. The van der Waals surface area contributed by atoms with Gasteiger partial charge in [-0.2, -0.15) is 0 Å². The van der Waals surface area contributed by atoms with Crippen molar-refractivity contribution in [2.24, 2.45) is 0 Å². The van der Waals surface area contributed by atoms with Gasteiger partial charge in [-0.05, 0) is 12.1 Å². The summed E-state index contributed by atoms with van der Waals surface area (Å²) in [5.74, 6) is 0.820. The van der Waals surface area contributed by atoms with E-state index in [2.05, 4.69) is 5.32 Å². The molecule has 1 atom stereocenters. The van der Waals surface area contributed by atoms with Crippen LogP contribution in [0.1, 0.15) is 5.76 Å². The molecule has 68 valence electrons. The molecule has 0 saturated carbocycles. The SMILES string of the molecule is OC[C@@H](O)CNCc1ccco1. The topological polar surface area (TPSA) is 65.6 Å². The maximum Gasteiger partial charge on any atom is 0.117 e. The van der Waals surface area contributed by atoms with Crippen LogP contribution in [-0.2, 0) is 6.54 Å². The van der Waals surface area contributed by atoms with Crippen LogP contribution in [0.4, 0.5) is 0 Å². The molecule has 0 aliphatic heterocycles. The molecule has 0 aromatic carbocycles.